The minimum atomic E-state index is -0.790. The summed E-state index contributed by atoms with van der Waals surface area (Å²) in [4.78, 5) is 25.2. The van der Waals surface area contributed by atoms with E-state index in [1.807, 2.05) is 19.9 Å². The zero-order chi connectivity index (χ0) is 21.2. The minimum absolute atomic E-state index is 0.274. The Morgan fingerprint density at radius 1 is 1.00 bits per heavy atom. The molecule has 1 aliphatic heterocycles. The van der Waals surface area contributed by atoms with Crippen molar-refractivity contribution in [1.82, 2.24) is 0 Å². The lowest BCUT2D eigenvalue weighted by atomic mass is 9.77. The lowest BCUT2D eigenvalue weighted by Gasteiger charge is -2.39. The number of carbonyl (C=O) groups excluding carboxylic acids is 2. The molecule has 1 atom stereocenters. The van der Waals surface area contributed by atoms with Crippen molar-refractivity contribution in [3.8, 4) is 11.5 Å². The maximum Gasteiger partial charge on any atom is 0.343 e. The van der Waals surface area contributed by atoms with Crippen molar-refractivity contribution < 1.29 is 28.5 Å². The van der Waals surface area contributed by atoms with Gasteiger partial charge in [0.2, 0.25) is 0 Å². The van der Waals surface area contributed by atoms with Gasteiger partial charge in [-0.15, -0.1) is 0 Å². The van der Waals surface area contributed by atoms with Crippen LogP contribution >= 0.6 is 0 Å². The summed E-state index contributed by atoms with van der Waals surface area (Å²) in [6.07, 6.45) is -0.669. The summed E-state index contributed by atoms with van der Waals surface area (Å²) in [6, 6.07) is 14.0. The van der Waals surface area contributed by atoms with E-state index in [4.69, 9.17) is 18.9 Å². The third-order valence-electron chi connectivity index (χ3n) is 5.03. The predicted octanol–water partition coefficient (Wildman–Crippen LogP) is 4.46. The molecule has 0 N–H and O–H groups in total. The first-order chi connectivity index (χ1) is 13.8. The number of ether oxygens (including phenoxy) is 4. The SMILES string of the molecule is COc1ccc([C@H]2OC(=O)C(C)=C(OC(=O)c3ccccc3)C2(C)C)cc1OC. The molecule has 0 amide bonds. The number of esters is 2. The fourth-order valence-corrected chi connectivity index (χ4v) is 3.47. The van der Waals surface area contributed by atoms with Crippen LogP contribution < -0.4 is 9.47 Å². The second-order valence-electron chi connectivity index (χ2n) is 7.33. The molecule has 1 aliphatic rings. The third-order valence-corrected chi connectivity index (χ3v) is 5.03. The van der Waals surface area contributed by atoms with Gasteiger partial charge in [0.15, 0.2) is 11.5 Å². The molecule has 1 heterocycles. The van der Waals surface area contributed by atoms with Crippen molar-refractivity contribution in [3.05, 3.63) is 71.0 Å². The van der Waals surface area contributed by atoms with Crippen molar-refractivity contribution in [2.24, 2.45) is 5.41 Å². The fraction of sp³-hybridized carbons (Fsp3) is 0.304. The number of hydrogen-bond acceptors (Lipinski definition) is 6. The number of hydrogen-bond donors (Lipinski definition) is 0. The van der Waals surface area contributed by atoms with E-state index < -0.39 is 23.5 Å². The maximum absolute atomic E-state index is 12.6. The molecule has 0 saturated carbocycles. The molecule has 0 aromatic heterocycles. The van der Waals surface area contributed by atoms with Gasteiger partial charge in [-0.1, -0.05) is 24.3 Å². The fourth-order valence-electron chi connectivity index (χ4n) is 3.47. The highest BCUT2D eigenvalue weighted by atomic mass is 16.6. The van der Waals surface area contributed by atoms with Gasteiger partial charge in [0.25, 0.3) is 0 Å². The van der Waals surface area contributed by atoms with Crippen LogP contribution in [-0.2, 0) is 14.3 Å². The molecule has 2 aromatic carbocycles. The summed E-state index contributed by atoms with van der Waals surface area (Å²) in [5, 5.41) is 0. The molecule has 2 aromatic rings. The summed E-state index contributed by atoms with van der Waals surface area (Å²) in [5.41, 5.74) is 0.602. The van der Waals surface area contributed by atoms with Crippen LogP contribution in [0, 0.1) is 5.41 Å². The largest absolute Gasteiger partial charge is 0.493 e. The summed E-state index contributed by atoms with van der Waals surface area (Å²) >= 11 is 0. The van der Waals surface area contributed by atoms with E-state index in [9.17, 15) is 9.59 Å². The predicted molar refractivity (Wildman–Crippen MR) is 107 cm³/mol. The topological polar surface area (TPSA) is 71.1 Å². The average Bonchev–Trinajstić information content (AvgIpc) is 2.73. The summed E-state index contributed by atoms with van der Waals surface area (Å²) in [5.74, 6) is 0.334. The molecular formula is C23H24O6. The number of methoxy groups -OCH3 is 2. The molecule has 6 nitrogen and oxygen atoms in total. The molecule has 0 saturated heterocycles. The number of rotatable bonds is 5. The molecule has 0 fully saturated rings. The van der Waals surface area contributed by atoms with E-state index in [0.29, 0.717) is 28.4 Å². The lowest BCUT2D eigenvalue weighted by molar-refractivity contribution is -0.155. The Morgan fingerprint density at radius 3 is 2.28 bits per heavy atom. The summed E-state index contributed by atoms with van der Waals surface area (Å²) < 4.78 is 22.1. The van der Waals surface area contributed by atoms with E-state index in [2.05, 4.69) is 0 Å². The van der Waals surface area contributed by atoms with Crippen molar-refractivity contribution in [2.45, 2.75) is 26.9 Å². The molecule has 6 heteroatoms. The van der Waals surface area contributed by atoms with Gasteiger partial charge in [-0.05, 0) is 50.6 Å². The zero-order valence-corrected chi connectivity index (χ0v) is 17.1. The Morgan fingerprint density at radius 2 is 1.66 bits per heavy atom. The van der Waals surface area contributed by atoms with E-state index >= 15 is 0 Å². The standard InChI is InChI=1S/C23H24O6/c1-14-19(28-22(25)15-9-7-6-8-10-15)23(2,3)20(29-21(14)24)16-11-12-17(26-4)18(13-16)27-5/h6-13,20H,1-5H3/t20-/m1/s1. The van der Waals surface area contributed by atoms with Crippen LogP contribution in [0.3, 0.4) is 0 Å². The normalized spacial score (nSPS) is 18.1. The van der Waals surface area contributed by atoms with Gasteiger partial charge in [0, 0.05) is 0 Å². The Labute approximate surface area is 170 Å². The summed E-state index contributed by atoms with van der Waals surface area (Å²) in [7, 11) is 3.09. The minimum Gasteiger partial charge on any atom is -0.493 e. The second kappa shape index (κ2) is 7.99. The molecule has 152 valence electrons. The van der Waals surface area contributed by atoms with E-state index in [1.54, 1.807) is 56.5 Å². The highest BCUT2D eigenvalue weighted by Gasteiger charge is 2.46. The first kappa shape index (κ1) is 20.5. The third kappa shape index (κ3) is 3.83. The molecule has 0 spiro atoms. The Bertz CT molecular complexity index is 959. The smallest absolute Gasteiger partial charge is 0.343 e. The zero-order valence-electron chi connectivity index (χ0n) is 17.1. The van der Waals surface area contributed by atoms with Crippen molar-refractivity contribution in [2.75, 3.05) is 14.2 Å². The number of carbonyl (C=O) groups is 2. The van der Waals surface area contributed by atoms with Gasteiger partial charge in [-0.3, -0.25) is 0 Å². The molecule has 0 unspecified atom stereocenters. The quantitative estimate of drug-likeness (QED) is 0.695. The van der Waals surface area contributed by atoms with Gasteiger partial charge < -0.3 is 18.9 Å². The van der Waals surface area contributed by atoms with Crippen LogP contribution in [0.4, 0.5) is 0 Å². The molecule has 0 radical (unpaired) electrons. The summed E-state index contributed by atoms with van der Waals surface area (Å²) in [6.45, 7) is 5.35. The highest BCUT2D eigenvalue weighted by molar-refractivity contribution is 5.93. The lowest BCUT2D eigenvalue weighted by Crippen LogP contribution is -2.37. The van der Waals surface area contributed by atoms with Gasteiger partial charge in [-0.2, -0.15) is 0 Å². The van der Waals surface area contributed by atoms with Crippen LogP contribution in [-0.4, -0.2) is 26.2 Å². The molecule has 29 heavy (non-hydrogen) atoms. The van der Waals surface area contributed by atoms with E-state index in [0.717, 1.165) is 0 Å². The monoisotopic (exact) mass is 396 g/mol. The van der Waals surface area contributed by atoms with E-state index in [1.165, 1.54) is 7.11 Å². The average molecular weight is 396 g/mol. The van der Waals surface area contributed by atoms with Gasteiger partial charge >= 0.3 is 11.9 Å². The van der Waals surface area contributed by atoms with Crippen LogP contribution in [0.25, 0.3) is 0 Å². The molecule has 0 aliphatic carbocycles. The number of cyclic esters (lactones) is 1. The Kier molecular flexibility index (Phi) is 5.64. The van der Waals surface area contributed by atoms with E-state index in [-0.39, 0.29) is 5.57 Å². The highest BCUT2D eigenvalue weighted by Crippen LogP contribution is 2.49. The van der Waals surface area contributed by atoms with Crippen LogP contribution in [0.15, 0.2) is 59.9 Å². The Balaban J connectivity index is 1.99. The van der Waals surface area contributed by atoms with Crippen molar-refractivity contribution >= 4 is 11.9 Å². The molecular weight excluding hydrogens is 372 g/mol. The second-order valence-corrected chi connectivity index (χ2v) is 7.33. The van der Waals surface area contributed by atoms with Crippen LogP contribution in [0.1, 0.15) is 42.8 Å². The Hall–Kier alpha value is -3.28. The molecule has 3 rings (SSSR count). The van der Waals surface area contributed by atoms with Crippen LogP contribution in [0.5, 0.6) is 11.5 Å². The van der Waals surface area contributed by atoms with Crippen molar-refractivity contribution in [3.63, 3.8) is 0 Å². The number of benzene rings is 2. The van der Waals surface area contributed by atoms with Crippen LogP contribution in [0.2, 0.25) is 0 Å². The first-order valence-corrected chi connectivity index (χ1v) is 9.21. The van der Waals surface area contributed by atoms with Gasteiger partial charge in [-0.25, -0.2) is 9.59 Å². The van der Waals surface area contributed by atoms with Gasteiger partial charge in [0.05, 0.1) is 30.8 Å². The maximum atomic E-state index is 12.6. The van der Waals surface area contributed by atoms with Gasteiger partial charge in [0.1, 0.15) is 11.9 Å². The molecule has 0 bridgehead atoms. The van der Waals surface area contributed by atoms with Crippen molar-refractivity contribution in [1.29, 1.82) is 0 Å². The first-order valence-electron chi connectivity index (χ1n) is 9.21.